The first-order chi connectivity index (χ1) is 17.0. The van der Waals surface area contributed by atoms with Crippen LogP contribution in [0.2, 0.25) is 0 Å². The molecule has 2 fully saturated rings. The first-order valence-electron chi connectivity index (χ1n) is 13.8. The summed E-state index contributed by atoms with van der Waals surface area (Å²) >= 11 is 0. The molecule has 2 amide bonds. The minimum Gasteiger partial charge on any atom is -0.351 e. The molecular formula is C29H40N4O2. The summed E-state index contributed by atoms with van der Waals surface area (Å²) in [5.41, 5.74) is 2.75. The largest absolute Gasteiger partial charge is 0.351 e. The van der Waals surface area contributed by atoms with Crippen LogP contribution in [0.3, 0.4) is 0 Å². The van der Waals surface area contributed by atoms with Gasteiger partial charge in [-0.1, -0.05) is 76.1 Å². The topological polar surface area (TPSA) is 67.2 Å². The summed E-state index contributed by atoms with van der Waals surface area (Å²) in [6.45, 7) is 4.50. The smallest absolute Gasteiger partial charge is 0.273 e. The molecule has 5 rings (SSSR count). The average Bonchev–Trinajstić information content (AvgIpc) is 3.51. The predicted octanol–water partition coefficient (Wildman–Crippen LogP) is 5.50. The van der Waals surface area contributed by atoms with Gasteiger partial charge in [0.1, 0.15) is 11.2 Å². The number of nitrogens with one attached hydrogen (secondary N) is 1. The van der Waals surface area contributed by atoms with Crippen molar-refractivity contribution in [3.63, 3.8) is 0 Å². The van der Waals surface area contributed by atoms with Gasteiger partial charge in [0.2, 0.25) is 5.91 Å². The number of hydrogen-bond acceptors (Lipinski definition) is 3. The van der Waals surface area contributed by atoms with Crippen LogP contribution in [0.5, 0.6) is 0 Å². The van der Waals surface area contributed by atoms with Crippen LogP contribution >= 0.6 is 0 Å². The van der Waals surface area contributed by atoms with E-state index in [4.69, 9.17) is 5.10 Å². The number of amides is 2. The molecule has 188 valence electrons. The fourth-order valence-corrected chi connectivity index (χ4v) is 6.33. The van der Waals surface area contributed by atoms with Crippen LogP contribution in [0.25, 0.3) is 11.3 Å². The number of benzene rings is 1. The Bertz CT molecular complexity index is 1050. The van der Waals surface area contributed by atoms with Crippen molar-refractivity contribution >= 4 is 11.8 Å². The molecule has 1 atom stereocenters. The third kappa shape index (κ3) is 4.76. The number of hydrogen-bond donors (Lipinski definition) is 1. The lowest BCUT2D eigenvalue weighted by Crippen LogP contribution is -2.67. The van der Waals surface area contributed by atoms with Crippen LogP contribution in [-0.4, -0.2) is 44.1 Å². The Labute approximate surface area is 209 Å². The lowest BCUT2D eigenvalue weighted by Gasteiger charge is -2.47. The first kappa shape index (κ1) is 24.1. The Hall–Kier alpha value is -2.63. The molecule has 35 heavy (non-hydrogen) atoms. The highest BCUT2D eigenvalue weighted by atomic mass is 16.2. The summed E-state index contributed by atoms with van der Waals surface area (Å²) in [5, 5.41) is 8.21. The van der Waals surface area contributed by atoms with Crippen LogP contribution in [0, 0.1) is 0 Å². The molecule has 2 aliphatic carbocycles. The van der Waals surface area contributed by atoms with Gasteiger partial charge < -0.3 is 10.2 Å². The molecule has 6 heteroatoms. The normalized spacial score (nSPS) is 24.2. The minimum atomic E-state index is -0.934. The fourth-order valence-electron chi connectivity index (χ4n) is 6.33. The summed E-state index contributed by atoms with van der Waals surface area (Å²) in [4.78, 5) is 29.8. The van der Waals surface area contributed by atoms with E-state index in [0.29, 0.717) is 12.2 Å². The standard InChI is InChI=1S/C29H40N4O2/c1-3-21-15-17-22(18-16-21)25-19-26-27(34)33(24-13-9-10-14-24)29(2,20-32(26)31-25)28(35)30-23-11-7-5-4-6-8-12-23/h15-19,23-24H,3-14,20H2,1-2H3,(H,30,35)/t29-/m1/s1. The van der Waals surface area contributed by atoms with E-state index in [0.717, 1.165) is 69.0 Å². The second-order valence-electron chi connectivity index (χ2n) is 11.0. The Kier molecular flexibility index (Phi) is 6.99. The number of carbonyl (C=O) groups excluding carboxylic acids is 2. The summed E-state index contributed by atoms with van der Waals surface area (Å²) in [5.74, 6) is -0.0688. The van der Waals surface area contributed by atoms with Crippen molar-refractivity contribution < 1.29 is 9.59 Å². The molecule has 1 aliphatic heterocycles. The molecule has 2 saturated carbocycles. The maximum Gasteiger partial charge on any atom is 0.273 e. The zero-order chi connectivity index (χ0) is 24.4. The van der Waals surface area contributed by atoms with Crippen LogP contribution in [-0.2, 0) is 17.8 Å². The molecule has 0 radical (unpaired) electrons. The van der Waals surface area contributed by atoms with Crippen LogP contribution in [0.4, 0.5) is 0 Å². The maximum atomic E-state index is 13.9. The second-order valence-corrected chi connectivity index (χ2v) is 11.0. The lowest BCUT2D eigenvalue weighted by atomic mass is 9.90. The summed E-state index contributed by atoms with van der Waals surface area (Å²) in [6.07, 6.45) is 13.3. The maximum absolute atomic E-state index is 13.9. The van der Waals surface area contributed by atoms with Gasteiger partial charge in [-0.3, -0.25) is 14.3 Å². The van der Waals surface area contributed by atoms with Crippen LogP contribution in [0.1, 0.15) is 101 Å². The van der Waals surface area contributed by atoms with Crippen molar-refractivity contribution in [1.29, 1.82) is 0 Å². The Balaban J connectivity index is 1.45. The number of aryl methyl sites for hydroxylation is 1. The van der Waals surface area contributed by atoms with Gasteiger partial charge in [0.25, 0.3) is 5.91 Å². The third-order valence-corrected chi connectivity index (χ3v) is 8.48. The Morgan fingerprint density at radius 3 is 2.29 bits per heavy atom. The molecule has 0 spiro atoms. The zero-order valence-electron chi connectivity index (χ0n) is 21.4. The van der Waals surface area contributed by atoms with Gasteiger partial charge in [-0.25, -0.2) is 0 Å². The Morgan fingerprint density at radius 2 is 1.63 bits per heavy atom. The number of fused-ring (bicyclic) bond motifs is 1. The Morgan fingerprint density at radius 1 is 1.00 bits per heavy atom. The SMILES string of the molecule is CCc1ccc(-c2cc3n(n2)C[C@](C)(C(=O)NC2CCCCCCC2)N(C2CCCC2)C3=O)cc1. The van der Waals surface area contributed by atoms with Crippen molar-refractivity contribution in [2.45, 2.75) is 115 Å². The van der Waals surface area contributed by atoms with Crippen LogP contribution in [0.15, 0.2) is 30.3 Å². The highest BCUT2D eigenvalue weighted by Gasteiger charge is 2.51. The van der Waals surface area contributed by atoms with Gasteiger partial charge in [0, 0.05) is 17.6 Å². The number of carbonyl (C=O) groups is 2. The summed E-state index contributed by atoms with van der Waals surface area (Å²) < 4.78 is 1.79. The molecule has 1 aromatic heterocycles. The third-order valence-electron chi connectivity index (χ3n) is 8.48. The molecular weight excluding hydrogens is 436 g/mol. The van der Waals surface area contributed by atoms with E-state index in [2.05, 4.69) is 36.5 Å². The quantitative estimate of drug-likeness (QED) is 0.620. The molecule has 1 aromatic carbocycles. The fraction of sp³-hybridized carbons (Fsp3) is 0.621. The second kappa shape index (κ2) is 10.2. The number of aromatic nitrogens is 2. The van der Waals surface area contributed by atoms with Gasteiger partial charge in [-0.2, -0.15) is 5.10 Å². The van der Waals surface area contributed by atoms with E-state index >= 15 is 0 Å². The predicted molar refractivity (Wildman–Crippen MR) is 138 cm³/mol. The van der Waals surface area contributed by atoms with Gasteiger partial charge in [-0.15, -0.1) is 0 Å². The summed E-state index contributed by atoms with van der Waals surface area (Å²) in [6, 6.07) is 10.6. The molecule has 6 nitrogen and oxygen atoms in total. The monoisotopic (exact) mass is 476 g/mol. The molecule has 0 unspecified atom stereocenters. The van der Waals surface area contributed by atoms with E-state index in [1.165, 1.54) is 24.8 Å². The number of nitrogens with zero attached hydrogens (tertiary/aromatic N) is 3. The van der Waals surface area contributed by atoms with Crippen LogP contribution < -0.4 is 5.32 Å². The van der Waals surface area contributed by atoms with E-state index in [1.54, 1.807) is 4.68 Å². The highest BCUT2D eigenvalue weighted by Crippen LogP contribution is 2.36. The van der Waals surface area contributed by atoms with Gasteiger partial charge in [0.15, 0.2) is 0 Å². The summed E-state index contributed by atoms with van der Waals surface area (Å²) in [7, 11) is 0. The molecule has 3 aliphatic rings. The van der Waals surface area contributed by atoms with E-state index in [-0.39, 0.29) is 23.9 Å². The van der Waals surface area contributed by atoms with Crippen molar-refractivity contribution in [3.8, 4) is 11.3 Å². The van der Waals surface area contributed by atoms with E-state index in [9.17, 15) is 9.59 Å². The van der Waals surface area contributed by atoms with Crippen molar-refractivity contribution in [3.05, 3.63) is 41.6 Å². The van der Waals surface area contributed by atoms with E-state index in [1.807, 2.05) is 17.9 Å². The van der Waals surface area contributed by atoms with E-state index < -0.39 is 5.54 Å². The molecule has 2 heterocycles. The average molecular weight is 477 g/mol. The zero-order valence-corrected chi connectivity index (χ0v) is 21.4. The lowest BCUT2D eigenvalue weighted by molar-refractivity contribution is -0.135. The molecule has 0 bridgehead atoms. The van der Waals surface area contributed by atoms with Gasteiger partial charge in [-0.05, 0) is 50.7 Å². The first-order valence-corrected chi connectivity index (χ1v) is 13.8. The minimum absolute atomic E-state index is 0.0154. The van der Waals surface area contributed by atoms with Crippen molar-refractivity contribution in [2.24, 2.45) is 0 Å². The van der Waals surface area contributed by atoms with Gasteiger partial charge in [0.05, 0.1) is 12.2 Å². The van der Waals surface area contributed by atoms with Gasteiger partial charge >= 0.3 is 0 Å². The molecule has 1 N–H and O–H groups in total. The van der Waals surface area contributed by atoms with Crippen molar-refractivity contribution in [1.82, 2.24) is 20.0 Å². The molecule has 2 aromatic rings. The van der Waals surface area contributed by atoms with Crippen molar-refractivity contribution in [2.75, 3.05) is 0 Å². The highest BCUT2D eigenvalue weighted by molar-refractivity contribution is 6.00. The number of rotatable bonds is 5. The molecule has 0 saturated heterocycles.